The molecule has 0 aliphatic carbocycles. The monoisotopic (exact) mass is 439 g/mol. The maximum absolute atomic E-state index is 2.65. The van der Waals surface area contributed by atoms with E-state index in [2.05, 4.69) is 106 Å². The lowest BCUT2D eigenvalue weighted by Gasteiger charge is -2.47. The molecule has 1 aliphatic heterocycles. The largest absolute Gasteiger partial charge is 0.295 e. The molecule has 2 atom stereocenters. The number of nitrogens with zero attached hydrogens (tertiary/aromatic N) is 2. The van der Waals surface area contributed by atoms with Gasteiger partial charge in [0.15, 0.2) is 0 Å². The Balaban J connectivity index is 1.88. The first-order valence-electron chi connectivity index (χ1n) is 12.9. The molecule has 33 heavy (non-hydrogen) atoms. The summed E-state index contributed by atoms with van der Waals surface area (Å²) < 4.78 is 5.01. The molecule has 3 heterocycles. The molecule has 0 radical (unpaired) electrons. The van der Waals surface area contributed by atoms with Crippen molar-refractivity contribution in [1.82, 2.24) is 4.57 Å². The molecular weight excluding hydrogens is 400 g/mol. The van der Waals surface area contributed by atoms with Crippen molar-refractivity contribution < 1.29 is 4.40 Å². The van der Waals surface area contributed by atoms with Gasteiger partial charge in [0.1, 0.15) is 17.4 Å². The highest BCUT2D eigenvalue weighted by Crippen LogP contribution is 2.53. The van der Waals surface area contributed by atoms with Crippen molar-refractivity contribution in [2.24, 2.45) is 0 Å². The molecule has 172 valence electrons. The van der Waals surface area contributed by atoms with Crippen LogP contribution in [0.15, 0.2) is 48.8 Å². The number of hydrogen-bond acceptors (Lipinski definition) is 0. The number of aromatic nitrogens is 2. The van der Waals surface area contributed by atoms with Crippen molar-refractivity contribution >= 4 is 16.4 Å². The smallest absolute Gasteiger partial charge is 0.221 e. The molecule has 5 rings (SSSR count). The number of unbranched alkanes of at least 4 members (excludes halogenated alkanes) is 1. The Morgan fingerprint density at radius 2 is 1.70 bits per heavy atom. The Morgan fingerprint density at radius 3 is 2.39 bits per heavy atom. The van der Waals surface area contributed by atoms with E-state index in [1.807, 2.05) is 0 Å². The van der Waals surface area contributed by atoms with Gasteiger partial charge in [-0.2, -0.15) is 0 Å². The van der Waals surface area contributed by atoms with Gasteiger partial charge in [-0.25, -0.2) is 8.97 Å². The zero-order chi connectivity index (χ0) is 23.5. The summed E-state index contributed by atoms with van der Waals surface area (Å²) in [5.41, 5.74) is 9.90. The van der Waals surface area contributed by atoms with E-state index in [1.54, 1.807) is 0 Å². The summed E-state index contributed by atoms with van der Waals surface area (Å²) in [6.07, 6.45) is 10.5. The number of rotatable bonds is 6. The lowest BCUT2D eigenvalue weighted by Crippen LogP contribution is -2.52. The Kier molecular flexibility index (Phi) is 5.19. The van der Waals surface area contributed by atoms with Crippen LogP contribution < -0.4 is 4.40 Å². The first-order chi connectivity index (χ1) is 15.8. The van der Waals surface area contributed by atoms with Crippen molar-refractivity contribution in [3.8, 4) is 11.1 Å². The van der Waals surface area contributed by atoms with Crippen LogP contribution in [0.4, 0.5) is 0 Å². The quantitative estimate of drug-likeness (QED) is 0.271. The number of aryl methyl sites for hydroxylation is 3. The normalized spacial score (nSPS) is 22.0. The Morgan fingerprint density at radius 1 is 0.909 bits per heavy atom. The van der Waals surface area contributed by atoms with Gasteiger partial charge in [-0.3, -0.25) is 0 Å². The topological polar surface area (TPSA) is 9.03 Å². The third kappa shape index (κ3) is 2.89. The van der Waals surface area contributed by atoms with E-state index in [-0.39, 0.29) is 11.0 Å². The molecule has 2 aromatic carbocycles. The van der Waals surface area contributed by atoms with Gasteiger partial charge in [0.05, 0.1) is 11.6 Å². The maximum Gasteiger partial charge on any atom is 0.295 e. The van der Waals surface area contributed by atoms with E-state index in [1.165, 1.54) is 62.8 Å². The first kappa shape index (κ1) is 22.2. The third-order valence-corrected chi connectivity index (χ3v) is 9.09. The molecule has 2 heteroatoms. The van der Waals surface area contributed by atoms with Crippen molar-refractivity contribution in [2.75, 3.05) is 0 Å². The highest BCUT2D eigenvalue weighted by Gasteiger charge is 2.54. The molecule has 0 saturated heterocycles. The maximum atomic E-state index is 2.65. The molecule has 0 amide bonds. The minimum Gasteiger partial charge on any atom is -0.221 e. The van der Waals surface area contributed by atoms with Crippen LogP contribution in [0.5, 0.6) is 0 Å². The summed E-state index contributed by atoms with van der Waals surface area (Å²) in [5.74, 6) is 0. The Labute approximate surface area is 199 Å². The fraction of sp³-hybridized carbons (Fsp3) is 0.452. The van der Waals surface area contributed by atoms with Crippen molar-refractivity contribution in [1.29, 1.82) is 0 Å². The predicted molar refractivity (Wildman–Crippen MR) is 140 cm³/mol. The highest BCUT2D eigenvalue weighted by atomic mass is 15.2. The summed E-state index contributed by atoms with van der Waals surface area (Å²) in [6, 6.07) is 14.3. The molecule has 2 aromatic heterocycles. The van der Waals surface area contributed by atoms with Gasteiger partial charge < -0.3 is 0 Å². The predicted octanol–water partition coefficient (Wildman–Crippen LogP) is 7.81. The summed E-state index contributed by atoms with van der Waals surface area (Å²) in [4.78, 5) is 0. The number of hydrogen-bond donors (Lipinski definition) is 0. The summed E-state index contributed by atoms with van der Waals surface area (Å²) in [5, 5.41) is 2.83. The average molecular weight is 440 g/mol. The molecule has 1 aliphatic rings. The zero-order valence-corrected chi connectivity index (χ0v) is 21.5. The minimum absolute atomic E-state index is 0.0410. The molecule has 0 saturated carbocycles. The second-order valence-electron chi connectivity index (χ2n) is 10.7. The van der Waals surface area contributed by atoms with Gasteiger partial charge in [0.25, 0.3) is 5.65 Å². The fourth-order valence-electron chi connectivity index (χ4n) is 6.62. The van der Waals surface area contributed by atoms with Crippen LogP contribution in [0.1, 0.15) is 82.7 Å². The standard InChI is InChI=1S/C31H39N2/c1-8-11-12-23-14-13-21(4)26(19-23)24-15-16-27-28-25(24)17-18-32-20-22(5)33(29(28)32)31(7,10-3)30(27,6)9-2/h13-20H,8-12H2,1-7H3/q+1. The molecule has 4 aromatic rings. The average Bonchev–Trinajstić information content (AvgIpc) is 3.18. The lowest BCUT2D eigenvalue weighted by atomic mass is 9.61. The van der Waals surface area contributed by atoms with Gasteiger partial charge in [-0.15, -0.1) is 0 Å². The minimum atomic E-state index is 0.0410. The van der Waals surface area contributed by atoms with E-state index >= 15 is 0 Å². The van der Waals surface area contributed by atoms with Crippen LogP contribution in [-0.4, -0.2) is 4.57 Å². The molecular formula is C31H39N2+. The molecule has 2 unspecified atom stereocenters. The van der Waals surface area contributed by atoms with Crippen LogP contribution in [0.3, 0.4) is 0 Å². The Bertz CT molecular complexity index is 1380. The number of pyridine rings is 1. The van der Waals surface area contributed by atoms with Crippen molar-refractivity contribution in [2.45, 2.75) is 91.5 Å². The van der Waals surface area contributed by atoms with Gasteiger partial charge in [0.2, 0.25) is 0 Å². The van der Waals surface area contributed by atoms with Crippen LogP contribution >= 0.6 is 0 Å². The molecule has 2 nitrogen and oxygen atoms in total. The van der Waals surface area contributed by atoms with Crippen molar-refractivity contribution in [3.63, 3.8) is 0 Å². The lowest BCUT2D eigenvalue weighted by molar-refractivity contribution is -0.510. The number of imidazole rings is 1. The second-order valence-corrected chi connectivity index (χ2v) is 10.7. The van der Waals surface area contributed by atoms with E-state index in [0.717, 1.165) is 19.3 Å². The van der Waals surface area contributed by atoms with Crippen LogP contribution in [0.2, 0.25) is 0 Å². The molecule has 0 N–H and O–H groups in total. The summed E-state index contributed by atoms with van der Waals surface area (Å²) >= 11 is 0. The third-order valence-electron chi connectivity index (χ3n) is 9.09. The van der Waals surface area contributed by atoms with Crippen LogP contribution in [-0.2, 0) is 17.4 Å². The fourth-order valence-corrected chi connectivity index (χ4v) is 6.62. The second kappa shape index (κ2) is 7.72. The SMILES string of the molecule is CCCCc1ccc(C)c(-c2ccc3c4c2cc[n+]2cc(C)n(c42)C(C)(CC)C3(C)CC)c1. The summed E-state index contributed by atoms with van der Waals surface area (Å²) in [7, 11) is 0. The Hall–Kier alpha value is -2.61. The van der Waals surface area contributed by atoms with Gasteiger partial charge in [-0.05, 0) is 73.4 Å². The van der Waals surface area contributed by atoms with E-state index in [4.69, 9.17) is 0 Å². The van der Waals surface area contributed by atoms with Crippen molar-refractivity contribution in [3.05, 3.63) is 71.2 Å². The van der Waals surface area contributed by atoms with E-state index in [9.17, 15) is 0 Å². The van der Waals surface area contributed by atoms with Gasteiger partial charge >= 0.3 is 0 Å². The molecule has 0 spiro atoms. The zero-order valence-electron chi connectivity index (χ0n) is 21.5. The van der Waals surface area contributed by atoms with E-state index in [0.29, 0.717) is 0 Å². The van der Waals surface area contributed by atoms with Crippen LogP contribution in [0, 0.1) is 13.8 Å². The van der Waals surface area contributed by atoms with Gasteiger partial charge in [-0.1, -0.05) is 64.4 Å². The first-order valence-corrected chi connectivity index (χ1v) is 12.9. The van der Waals surface area contributed by atoms with E-state index < -0.39 is 0 Å². The van der Waals surface area contributed by atoms with Crippen LogP contribution in [0.25, 0.3) is 27.5 Å². The van der Waals surface area contributed by atoms with Gasteiger partial charge in [0, 0.05) is 17.7 Å². The summed E-state index contributed by atoms with van der Waals surface area (Å²) in [6.45, 7) is 16.5. The highest BCUT2D eigenvalue weighted by molar-refractivity contribution is 6.05. The number of benzene rings is 2. The molecule has 0 bridgehead atoms. The molecule has 0 fully saturated rings.